The second kappa shape index (κ2) is 9.33. The highest BCUT2D eigenvalue weighted by atomic mass is 19.1. The topological polar surface area (TPSA) is 116 Å². The predicted octanol–water partition coefficient (Wildman–Crippen LogP) is 2.43. The molecule has 0 bridgehead atoms. The minimum absolute atomic E-state index is 0.0384. The molecule has 172 valence electrons. The Kier molecular flexibility index (Phi) is 6.52. The molecule has 8 nitrogen and oxygen atoms in total. The molecule has 1 aromatic heterocycles. The number of hydrogen-bond donors (Lipinski definition) is 3. The van der Waals surface area contributed by atoms with Gasteiger partial charge in [-0.2, -0.15) is 0 Å². The minimum Gasteiger partial charge on any atom is -0.481 e. The van der Waals surface area contributed by atoms with Crippen LogP contribution in [0.4, 0.5) is 8.78 Å². The van der Waals surface area contributed by atoms with Gasteiger partial charge >= 0.3 is 5.97 Å². The summed E-state index contributed by atoms with van der Waals surface area (Å²) in [4.78, 5) is 26.6. The molecule has 2 heterocycles. The van der Waals surface area contributed by atoms with E-state index in [1.54, 1.807) is 0 Å². The Bertz CT molecular complexity index is 998. The minimum atomic E-state index is -1.03. The molecule has 2 fully saturated rings. The number of aromatic nitrogens is 1. The lowest BCUT2D eigenvalue weighted by atomic mass is 9.86. The molecule has 1 aromatic carbocycles. The van der Waals surface area contributed by atoms with E-state index in [0.717, 1.165) is 25.3 Å². The van der Waals surface area contributed by atoms with Crippen molar-refractivity contribution in [3.8, 4) is 11.3 Å². The molecule has 0 spiro atoms. The normalized spacial score (nSPS) is 26.6. The van der Waals surface area contributed by atoms with Crippen molar-refractivity contribution in [1.82, 2.24) is 15.4 Å². The van der Waals surface area contributed by atoms with Crippen molar-refractivity contribution >= 4 is 11.9 Å². The van der Waals surface area contributed by atoms with Crippen LogP contribution in [0.2, 0.25) is 0 Å². The van der Waals surface area contributed by atoms with E-state index in [9.17, 15) is 28.6 Å². The van der Waals surface area contributed by atoms with E-state index in [1.165, 1.54) is 12.1 Å². The third-order valence-electron chi connectivity index (χ3n) is 6.38. The lowest BCUT2D eigenvalue weighted by Crippen LogP contribution is -2.58. The first kappa shape index (κ1) is 22.3. The molecule has 1 aliphatic heterocycles. The Morgan fingerprint density at radius 1 is 1.16 bits per heavy atom. The van der Waals surface area contributed by atoms with E-state index in [0.29, 0.717) is 25.5 Å². The number of nitrogens with zero attached hydrogens (tertiary/aromatic N) is 2. The van der Waals surface area contributed by atoms with Crippen LogP contribution in [0.1, 0.15) is 42.6 Å². The van der Waals surface area contributed by atoms with E-state index in [2.05, 4.69) is 10.5 Å². The lowest BCUT2D eigenvalue weighted by Gasteiger charge is -2.43. The Morgan fingerprint density at radius 2 is 1.94 bits per heavy atom. The molecule has 1 saturated heterocycles. The lowest BCUT2D eigenvalue weighted by molar-refractivity contribution is -0.145. The average molecular weight is 449 g/mol. The zero-order valence-electron chi connectivity index (χ0n) is 17.3. The van der Waals surface area contributed by atoms with Crippen LogP contribution in [-0.2, 0) is 4.79 Å². The van der Waals surface area contributed by atoms with Crippen LogP contribution in [0.5, 0.6) is 0 Å². The number of hydrogen-bond acceptors (Lipinski definition) is 6. The average Bonchev–Trinajstić information content (AvgIpc) is 3.24. The number of aliphatic carboxylic acids is 1. The summed E-state index contributed by atoms with van der Waals surface area (Å²) in [6.45, 7) is 0.786. The molecule has 32 heavy (non-hydrogen) atoms. The summed E-state index contributed by atoms with van der Waals surface area (Å²) >= 11 is 0. The predicted molar refractivity (Wildman–Crippen MR) is 109 cm³/mol. The van der Waals surface area contributed by atoms with Gasteiger partial charge in [0.2, 0.25) is 0 Å². The first-order valence-corrected chi connectivity index (χ1v) is 10.7. The maximum atomic E-state index is 14.0. The first-order chi connectivity index (χ1) is 15.3. The van der Waals surface area contributed by atoms with Crippen molar-refractivity contribution in [1.29, 1.82) is 0 Å². The number of carboxylic acid groups (broad SMARTS) is 1. The molecule has 2 aromatic rings. The molecule has 2 aliphatic rings. The second-order valence-electron chi connectivity index (χ2n) is 8.43. The van der Waals surface area contributed by atoms with Crippen LogP contribution < -0.4 is 5.32 Å². The zero-order chi connectivity index (χ0) is 22.8. The largest absolute Gasteiger partial charge is 0.481 e. The number of halogens is 2. The highest BCUT2D eigenvalue weighted by molar-refractivity contribution is 5.93. The van der Waals surface area contributed by atoms with Crippen LogP contribution in [0.15, 0.2) is 28.8 Å². The van der Waals surface area contributed by atoms with Gasteiger partial charge in [-0.3, -0.25) is 14.5 Å². The van der Waals surface area contributed by atoms with E-state index in [4.69, 9.17) is 4.52 Å². The Morgan fingerprint density at radius 3 is 2.66 bits per heavy atom. The van der Waals surface area contributed by atoms with Gasteiger partial charge in [0.15, 0.2) is 11.5 Å². The highest BCUT2D eigenvalue weighted by Gasteiger charge is 2.40. The number of benzene rings is 1. The third-order valence-corrected chi connectivity index (χ3v) is 6.38. The number of amides is 1. The molecule has 0 radical (unpaired) electrons. The van der Waals surface area contributed by atoms with Gasteiger partial charge in [0.25, 0.3) is 5.91 Å². The first-order valence-electron chi connectivity index (χ1n) is 10.7. The second-order valence-corrected chi connectivity index (χ2v) is 8.43. The molecule has 1 saturated carbocycles. The number of aliphatic hydroxyl groups excluding tert-OH is 1. The number of rotatable bonds is 5. The van der Waals surface area contributed by atoms with Crippen LogP contribution in [0.25, 0.3) is 11.3 Å². The summed E-state index contributed by atoms with van der Waals surface area (Å²) < 4.78 is 32.1. The molecule has 1 amide bonds. The molecular formula is C22H25F2N3O5. The van der Waals surface area contributed by atoms with E-state index < -0.39 is 41.6 Å². The molecule has 4 atom stereocenters. The van der Waals surface area contributed by atoms with Gasteiger partial charge in [0.1, 0.15) is 11.6 Å². The van der Waals surface area contributed by atoms with Crippen LogP contribution in [0.3, 0.4) is 0 Å². The van der Waals surface area contributed by atoms with Gasteiger partial charge in [-0.25, -0.2) is 8.78 Å². The standard InChI is InChI=1S/C22H25F2N3O5/c23-12-5-6-13(15(24)9-12)20-10-17(26-32-20)21(29)25-16-7-8-27(11-14(16)22(30)31)18-3-1-2-4-19(18)28/h5-6,9-10,14,16,18-19,28H,1-4,7-8,11H2,(H,25,29)(H,30,31)/t14-,16-,18-,19+/m1/s1. The molecular weight excluding hydrogens is 424 g/mol. The summed E-state index contributed by atoms with van der Waals surface area (Å²) in [5.41, 5.74) is -0.168. The van der Waals surface area contributed by atoms with Crippen LogP contribution in [0, 0.1) is 17.6 Å². The van der Waals surface area contributed by atoms with Crippen LogP contribution >= 0.6 is 0 Å². The number of nitrogens with one attached hydrogen (secondary N) is 1. The zero-order valence-corrected chi connectivity index (χ0v) is 17.3. The van der Waals surface area contributed by atoms with Gasteiger partial charge in [-0.05, 0) is 31.4 Å². The number of aliphatic hydroxyl groups is 1. The van der Waals surface area contributed by atoms with Crippen molar-refractivity contribution in [2.45, 2.75) is 50.3 Å². The number of carboxylic acids is 1. The number of carbonyl (C=O) groups excluding carboxylic acids is 1. The summed E-state index contributed by atoms with van der Waals surface area (Å²) in [7, 11) is 0. The molecule has 4 rings (SSSR count). The summed E-state index contributed by atoms with van der Waals surface area (Å²) in [5.74, 6) is -4.14. The quantitative estimate of drug-likeness (QED) is 0.642. The fourth-order valence-electron chi connectivity index (χ4n) is 4.66. The van der Waals surface area contributed by atoms with Gasteiger partial charge in [0, 0.05) is 37.3 Å². The molecule has 0 unspecified atom stereocenters. The van der Waals surface area contributed by atoms with Crippen molar-refractivity contribution < 1.29 is 33.1 Å². The summed E-state index contributed by atoms with van der Waals surface area (Å²) in [6, 6.07) is 3.49. The van der Waals surface area contributed by atoms with Gasteiger partial charge in [0.05, 0.1) is 17.6 Å². The highest BCUT2D eigenvalue weighted by Crippen LogP contribution is 2.29. The van der Waals surface area contributed by atoms with Crippen molar-refractivity contribution in [3.63, 3.8) is 0 Å². The van der Waals surface area contributed by atoms with Crippen molar-refractivity contribution in [2.75, 3.05) is 13.1 Å². The molecule has 1 aliphatic carbocycles. The number of carbonyl (C=O) groups is 2. The Labute approximate surface area is 183 Å². The van der Waals surface area contributed by atoms with Gasteiger partial charge < -0.3 is 20.1 Å². The van der Waals surface area contributed by atoms with Gasteiger partial charge in [-0.1, -0.05) is 18.0 Å². The molecule has 3 N–H and O–H groups in total. The van der Waals surface area contributed by atoms with Crippen molar-refractivity contribution in [2.24, 2.45) is 5.92 Å². The Hall–Kier alpha value is -2.85. The Balaban J connectivity index is 1.43. The van der Waals surface area contributed by atoms with E-state index in [1.807, 2.05) is 4.90 Å². The fraction of sp³-hybridized carbons (Fsp3) is 0.500. The van der Waals surface area contributed by atoms with Crippen molar-refractivity contribution in [3.05, 3.63) is 41.6 Å². The summed E-state index contributed by atoms with van der Waals surface area (Å²) in [5, 5.41) is 26.4. The molecule has 10 heteroatoms. The maximum absolute atomic E-state index is 14.0. The summed E-state index contributed by atoms with van der Waals surface area (Å²) in [6.07, 6.45) is 3.44. The smallest absolute Gasteiger partial charge is 0.309 e. The third kappa shape index (κ3) is 4.66. The number of likely N-dealkylation sites (tertiary alicyclic amines) is 1. The number of piperidine rings is 1. The van der Waals surface area contributed by atoms with Gasteiger partial charge in [-0.15, -0.1) is 0 Å². The van der Waals surface area contributed by atoms with E-state index in [-0.39, 0.29) is 29.6 Å². The van der Waals surface area contributed by atoms with Crippen LogP contribution in [-0.4, -0.2) is 63.4 Å². The van der Waals surface area contributed by atoms with E-state index >= 15 is 0 Å². The monoisotopic (exact) mass is 449 g/mol. The fourth-order valence-corrected chi connectivity index (χ4v) is 4.66. The SMILES string of the molecule is O=C(N[C@@H]1CCN([C@@H]2CCCC[C@@H]2O)C[C@H]1C(=O)O)c1cc(-c2ccc(F)cc2F)on1. The maximum Gasteiger partial charge on any atom is 0.309 e.